The van der Waals surface area contributed by atoms with Crippen molar-refractivity contribution in [3.05, 3.63) is 63.1 Å². The van der Waals surface area contributed by atoms with Crippen LogP contribution in [-0.2, 0) is 6.42 Å². The van der Waals surface area contributed by atoms with Crippen LogP contribution in [0.15, 0.2) is 42.5 Å². The van der Waals surface area contributed by atoms with Crippen molar-refractivity contribution in [1.29, 1.82) is 0 Å². The van der Waals surface area contributed by atoms with Gasteiger partial charge in [-0.1, -0.05) is 34.8 Å². The summed E-state index contributed by atoms with van der Waals surface area (Å²) < 4.78 is 5.68. The van der Waals surface area contributed by atoms with Gasteiger partial charge in [0.2, 0.25) is 0 Å². The zero-order valence-corrected chi connectivity index (χ0v) is 13.4. The fraction of sp³-hybridized carbons (Fsp3) is 0.200. The van der Waals surface area contributed by atoms with Gasteiger partial charge in [-0.2, -0.15) is 0 Å². The van der Waals surface area contributed by atoms with Crippen LogP contribution in [0.5, 0.6) is 5.75 Å². The van der Waals surface area contributed by atoms with Crippen molar-refractivity contribution in [3.8, 4) is 5.75 Å². The molecule has 3 N–H and O–H groups in total. The van der Waals surface area contributed by atoms with Crippen molar-refractivity contribution in [3.63, 3.8) is 0 Å². The lowest BCUT2D eigenvalue weighted by Gasteiger charge is -2.17. The van der Waals surface area contributed by atoms with E-state index < -0.39 is 0 Å². The molecule has 2 aromatic rings. The average molecular weight is 346 g/mol. The standard InChI is InChI=1S/C15H15Cl3N2O/c16-11-1-4-14(5-2-11)21-9-13(20-19)8-10-7-12(17)3-6-15(10)18/h1-7,13,20H,8-9,19H2. The topological polar surface area (TPSA) is 47.3 Å². The zero-order chi connectivity index (χ0) is 15.2. The highest BCUT2D eigenvalue weighted by Crippen LogP contribution is 2.22. The van der Waals surface area contributed by atoms with E-state index in [9.17, 15) is 0 Å². The zero-order valence-electron chi connectivity index (χ0n) is 11.2. The van der Waals surface area contributed by atoms with Crippen LogP contribution in [0.25, 0.3) is 0 Å². The Hall–Kier alpha value is -0.970. The van der Waals surface area contributed by atoms with E-state index in [-0.39, 0.29) is 6.04 Å². The van der Waals surface area contributed by atoms with Gasteiger partial charge < -0.3 is 4.74 Å². The first-order valence-corrected chi connectivity index (χ1v) is 7.50. The third-order valence-electron chi connectivity index (χ3n) is 2.97. The van der Waals surface area contributed by atoms with Crippen molar-refractivity contribution in [2.24, 2.45) is 5.84 Å². The van der Waals surface area contributed by atoms with Gasteiger partial charge in [-0.3, -0.25) is 11.3 Å². The summed E-state index contributed by atoms with van der Waals surface area (Å²) in [5.41, 5.74) is 3.65. The molecule has 0 aliphatic rings. The molecule has 0 spiro atoms. The van der Waals surface area contributed by atoms with Crippen LogP contribution >= 0.6 is 34.8 Å². The van der Waals surface area contributed by atoms with Gasteiger partial charge in [-0.25, -0.2) is 0 Å². The monoisotopic (exact) mass is 344 g/mol. The van der Waals surface area contributed by atoms with Crippen molar-refractivity contribution in [2.75, 3.05) is 6.61 Å². The molecule has 0 heterocycles. The van der Waals surface area contributed by atoms with Crippen molar-refractivity contribution in [1.82, 2.24) is 5.43 Å². The molecule has 1 atom stereocenters. The van der Waals surface area contributed by atoms with Crippen molar-refractivity contribution >= 4 is 34.8 Å². The van der Waals surface area contributed by atoms with Crippen molar-refractivity contribution in [2.45, 2.75) is 12.5 Å². The number of nitrogens with two attached hydrogens (primary N) is 1. The summed E-state index contributed by atoms with van der Waals surface area (Å²) in [6, 6.07) is 12.4. The van der Waals surface area contributed by atoms with E-state index in [0.29, 0.717) is 28.1 Å². The Morgan fingerprint density at radius 3 is 2.33 bits per heavy atom. The molecule has 0 saturated carbocycles. The Kier molecular flexibility index (Phi) is 6.15. The number of hydrazine groups is 1. The molecule has 3 nitrogen and oxygen atoms in total. The molecule has 2 aromatic carbocycles. The SMILES string of the molecule is NNC(COc1ccc(Cl)cc1)Cc1cc(Cl)ccc1Cl. The van der Waals surface area contributed by atoms with Crippen molar-refractivity contribution < 1.29 is 4.74 Å². The molecule has 0 saturated heterocycles. The second kappa shape index (κ2) is 7.87. The Morgan fingerprint density at radius 2 is 1.67 bits per heavy atom. The third kappa shape index (κ3) is 5.06. The number of ether oxygens (including phenoxy) is 1. The number of nitrogens with one attached hydrogen (secondary N) is 1. The van der Waals surface area contributed by atoms with Gasteiger partial charge in [0, 0.05) is 15.1 Å². The summed E-state index contributed by atoms with van der Waals surface area (Å²) in [5, 5.41) is 1.97. The first-order valence-electron chi connectivity index (χ1n) is 6.37. The summed E-state index contributed by atoms with van der Waals surface area (Å²) >= 11 is 18.0. The summed E-state index contributed by atoms with van der Waals surface area (Å²) in [7, 11) is 0. The quantitative estimate of drug-likeness (QED) is 0.612. The number of hydrogen-bond donors (Lipinski definition) is 2. The largest absolute Gasteiger partial charge is 0.492 e. The van der Waals surface area contributed by atoms with E-state index in [0.717, 1.165) is 11.3 Å². The van der Waals surface area contributed by atoms with Crippen LogP contribution in [-0.4, -0.2) is 12.6 Å². The Bertz CT molecular complexity index is 590. The normalized spacial score (nSPS) is 12.2. The number of halogens is 3. The van der Waals surface area contributed by atoms with E-state index in [1.165, 1.54) is 0 Å². The minimum Gasteiger partial charge on any atom is -0.492 e. The van der Waals surface area contributed by atoms with E-state index in [2.05, 4.69) is 5.43 Å². The maximum Gasteiger partial charge on any atom is 0.119 e. The molecule has 0 aromatic heterocycles. The van der Waals surface area contributed by atoms with E-state index in [1.807, 2.05) is 18.2 Å². The second-order valence-corrected chi connectivity index (χ2v) is 5.85. The van der Waals surface area contributed by atoms with E-state index in [4.69, 9.17) is 45.4 Å². The molecular formula is C15H15Cl3N2O. The molecule has 2 rings (SSSR count). The fourth-order valence-electron chi connectivity index (χ4n) is 1.86. The summed E-state index contributed by atoms with van der Waals surface area (Å²) in [4.78, 5) is 0. The van der Waals surface area contributed by atoms with Crippen LogP contribution in [0.2, 0.25) is 15.1 Å². The highest BCUT2D eigenvalue weighted by molar-refractivity contribution is 6.33. The predicted octanol–water partition coefficient (Wildman–Crippen LogP) is 4.10. The predicted molar refractivity (Wildman–Crippen MR) is 88.2 cm³/mol. The van der Waals surface area contributed by atoms with Gasteiger partial charge in [0.05, 0.1) is 6.04 Å². The molecule has 21 heavy (non-hydrogen) atoms. The lowest BCUT2D eigenvalue weighted by Crippen LogP contribution is -2.41. The van der Waals surface area contributed by atoms with E-state index >= 15 is 0 Å². The maximum absolute atomic E-state index is 6.15. The smallest absolute Gasteiger partial charge is 0.119 e. The maximum atomic E-state index is 6.15. The molecule has 0 radical (unpaired) electrons. The highest BCUT2D eigenvalue weighted by atomic mass is 35.5. The van der Waals surface area contributed by atoms with Crippen LogP contribution in [0.3, 0.4) is 0 Å². The lowest BCUT2D eigenvalue weighted by atomic mass is 10.1. The van der Waals surface area contributed by atoms with Gasteiger partial charge in [0.1, 0.15) is 12.4 Å². The van der Waals surface area contributed by atoms with Gasteiger partial charge in [-0.05, 0) is 54.4 Å². The van der Waals surface area contributed by atoms with Crippen LogP contribution in [0.4, 0.5) is 0 Å². The Labute approximate surface area is 138 Å². The van der Waals surface area contributed by atoms with E-state index in [1.54, 1.807) is 24.3 Å². The minimum atomic E-state index is -0.0864. The fourth-order valence-corrected chi connectivity index (χ4v) is 2.37. The molecule has 0 bridgehead atoms. The van der Waals surface area contributed by atoms with Gasteiger partial charge >= 0.3 is 0 Å². The number of hydrogen-bond acceptors (Lipinski definition) is 3. The lowest BCUT2D eigenvalue weighted by molar-refractivity contribution is 0.264. The number of benzene rings is 2. The van der Waals surface area contributed by atoms with Gasteiger partial charge in [0.25, 0.3) is 0 Å². The molecule has 0 amide bonds. The first-order chi connectivity index (χ1) is 10.1. The van der Waals surface area contributed by atoms with Crippen LogP contribution < -0.4 is 16.0 Å². The highest BCUT2D eigenvalue weighted by Gasteiger charge is 2.12. The molecule has 6 heteroatoms. The molecule has 112 valence electrons. The average Bonchev–Trinajstić information content (AvgIpc) is 2.48. The van der Waals surface area contributed by atoms with Crippen LogP contribution in [0, 0.1) is 0 Å². The second-order valence-electron chi connectivity index (χ2n) is 4.57. The molecule has 0 aliphatic heterocycles. The van der Waals surface area contributed by atoms with Gasteiger partial charge in [-0.15, -0.1) is 0 Å². The molecule has 0 fully saturated rings. The molecule has 1 unspecified atom stereocenters. The first kappa shape index (κ1) is 16.4. The minimum absolute atomic E-state index is 0.0864. The third-order valence-corrected chi connectivity index (χ3v) is 3.83. The number of rotatable bonds is 6. The Morgan fingerprint density at radius 1 is 1.00 bits per heavy atom. The van der Waals surface area contributed by atoms with Gasteiger partial charge in [0.15, 0.2) is 0 Å². The summed E-state index contributed by atoms with van der Waals surface area (Å²) in [6.45, 7) is 0.404. The molecular weight excluding hydrogens is 331 g/mol. The van der Waals surface area contributed by atoms with Crippen LogP contribution in [0.1, 0.15) is 5.56 Å². The Balaban J connectivity index is 1.96. The summed E-state index contributed by atoms with van der Waals surface area (Å²) in [6.07, 6.45) is 0.615. The molecule has 0 aliphatic carbocycles. The summed E-state index contributed by atoms with van der Waals surface area (Å²) in [5.74, 6) is 6.30.